The molecule has 0 aromatic heterocycles. The average molecular weight is 649 g/mol. The Labute approximate surface area is 270 Å². The molecule has 0 unspecified atom stereocenters. The first-order valence-electron chi connectivity index (χ1n) is 15.8. The van der Waals surface area contributed by atoms with Crippen LogP contribution in [0.15, 0.2) is 24.3 Å². The lowest BCUT2D eigenvalue weighted by molar-refractivity contribution is -0.134. The van der Waals surface area contributed by atoms with Crippen LogP contribution in [0, 0.1) is 0 Å². The summed E-state index contributed by atoms with van der Waals surface area (Å²) in [6, 6.07) is 1.03. The van der Waals surface area contributed by atoms with Crippen LogP contribution in [0.2, 0.25) is 0 Å². The maximum Gasteiger partial charge on any atom is 0.243 e. The highest BCUT2D eigenvalue weighted by atomic mass is 16.3. The first-order valence-corrected chi connectivity index (χ1v) is 15.8. The van der Waals surface area contributed by atoms with Gasteiger partial charge < -0.3 is 48.5 Å². The molecular weight excluding hydrogens is 596 g/mol. The molecular formula is C31H52N8O7. The zero-order chi connectivity index (χ0) is 34.6. The molecule has 1 aromatic carbocycles. The quantitative estimate of drug-likeness (QED) is 0.0727. The number of likely N-dealkylation sites (N-methyl/N-ethyl adjacent to an activating group) is 1. The molecule has 15 nitrogen and oxygen atoms in total. The van der Waals surface area contributed by atoms with Gasteiger partial charge in [0.15, 0.2) is 0 Å². The molecule has 258 valence electrons. The molecule has 0 saturated heterocycles. The standard InChI is InChI=1S/C31H52N8O7/c1-5-34-29(44)24(10-6-8-16-32)38-27(42)19(2)36-31(46)26(18-22-12-14-23(41)15-13-22)39-28(43)20(3)35-30(45)25(37-21(4)40)11-7-9-17-33/h12-15,19-20,24-26,41H,5-11,16-18,32-33H2,1-4H3,(H,34,44)(H,35,45)(H,36,46)(H,37,40)(H,38,42)(H,39,43)/t19-,20-,24-,25-,26-/m0/s1. The van der Waals surface area contributed by atoms with Crippen LogP contribution in [-0.2, 0) is 35.2 Å². The molecule has 1 rings (SSSR count). The van der Waals surface area contributed by atoms with Crippen LogP contribution in [0.3, 0.4) is 0 Å². The third-order valence-corrected chi connectivity index (χ3v) is 7.09. The van der Waals surface area contributed by atoms with E-state index in [9.17, 15) is 33.9 Å². The zero-order valence-corrected chi connectivity index (χ0v) is 27.3. The molecule has 0 radical (unpaired) electrons. The molecule has 0 spiro atoms. The Kier molecular flexibility index (Phi) is 18.6. The second-order valence-electron chi connectivity index (χ2n) is 11.2. The Morgan fingerprint density at radius 3 is 1.57 bits per heavy atom. The van der Waals surface area contributed by atoms with Crippen molar-refractivity contribution in [3.63, 3.8) is 0 Å². The summed E-state index contributed by atoms with van der Waals surface area (Å²) in [5.74, 6) is -3.24. The topological polar surface area (TPSA) is 247 Å². The molecule has 0 heterocycles. The fourth-order valence-electron chi connectivity index (χ4n) is 4.50. The molecule has 0 fully saturated rings. The van der Waals surface area contributed by atoms with Gasteiger partial charge >= 0.3 is 0 Å². The molecule has 0 bridgehead atoms. The van der Waals surface area contributed by atoms with Crippen molar-refractivity contribution < 1.29 is 33.9 Å². The Morgan fingerprint density at radius 1 is 0.652 bits per heavy atom. The smallest absolute Gasteiger partial charge is 0.243 e. The van der Waals surface area contributed by atoms with Gasteiger partial charge in [-0.25, -0.2) is 0 Å². The summed E-state index contributed by atoms with van der Waals surface area (Å²) in [5, 5.41) is 25.4. The molecule has 0 aliphatic heterocycles. The van der Waals surface area contributed by atoms with Crippen LogP contribution in [0.4, 0.5) is 0 Å². The van der Waals surface area contributed by atoms with E-state index in [1.807, 2.05) is 0 Å². The summed E-state index contributed by atoms with van der Waals surface area (Å²) in [7, 11) is 0. The van der Waals surface area contributed by atoms with Crippen molar-refractivity contribution in [3.05, 3.63) is 29.8 Å². The third-order valence-electron chi connectivity index (χ3n) is 7.09. The van der Waals surface area contributed by atoms with E-state index < -0.39 is 59.7 Å². The van der Waals surface area contributed by atoms with Crippen molar-refractivity contribution in [2.24, 2.45) is 11.5 Å². The van der Waals surface area contributed by atoms with Crippen LogP contribution in [-0.4, -0.2) is 90.4 Å². The van der Waals surface area contributed by atoms with Gasteiger partial charge in [0.1, 0.15) is 36.0 Å². The van der Waals surface area contributed by atoms with E-state index in [-0.39, 0.29) is 18.1 Å². The predicted octanol–water partition coefficient (Wildman–Crippen LogP) is -1.19. The number of hydrogen-bond donors (Lipinski definition) is 9. The van der Waals surface area contributed by atoms with E-state index in [0.29, 0.717) is 63.7 Å². The van der Waals surface area contributed by atoms with Crippen LogP contribution in [0.25, 0.3) is 0 Å². The number of amides is 6. The number of benzene rings is 1. The Bertz CT molecular complexity index is 1150. The van der Waals surface area contributed by atoms with Crippen molar-refractivity contribution in [2.75, 3.05) is 19.6 Å². The summed E-state index contributed by atoms with van der Waals surface area (Å²) in [6.07, 6.45) is 3.25. The van der Waals surface area contributed by atoms with Crippen LogP contribution in [0.1, 0.15) is 71.8 Å². The van der Waals surface area contributed by atoms with Crippen molar-refractivity contribution in [3.8, 4) is 5.75 Å². The number of carbonyl (C=O) groups is 6. The average Bonchev–Trinajstić information content (AvgIpc) is 3.00. The maximum atomic E-state index is 13.4. The lowest BCUT2D eigenvalue weighted by atomic mass is 10.0. The van der Waals surface area contributed by atoms with Gasteiger partial charge in [0.25, 0.3) is 0 Å². The SMILES string of the molecule is CCNC(=O)[C@H](CCCCN)NC(=O)[C@H](C)NC(=O)[C@H](Cc1ccc(O)cc1)NC(=O)[C@H](C)NC(=O)[C@H](CCCCN)NC(C)=O. The van der Waals surface area contributed by atoms with Crippen molar-refractivity contribution >= 4 is 35.4 Å². The minimum atomic E-state index is -1.17. The number of phenols is 1. The molecule has 46 heavy (non-hydrogen) atoms. The van der Waals surface area contributed by atoms with Crippen molar-refractivity contribution in [1.82, 2.24) is 31.9 Å². The largest absolute Gasteiger partial charge is 0.508 e. The number of carbonyl (C=O) groups excluding carboxylic acids is 6. The number of rotatable bonds is 21. The Balaban J connectivity index is 3.03. The van der Waals surface area contributed by atoms with E-state index in [1.165, 1.54) is 32.9 Å². The predicted molar refractivity (Wildman–Crippen MR) is 173 cm³/mol. The minimum Gasteiger partial charge on any atom is -0.508 e. The second kappa shape index (κ2) is 21.5. The highest BCUT2D eigenvalue weighted by Gasteiger charge is 2.30. The fraction of sp³-hybridized carbons (Fsp3) is 0.613. The van der Waals surface area contributed by atoms with Crippen LogP contribution < -0.4 is 43.4 Å². The highest BCUT2D eigenvalue weighted by molar-refractivity contribution is 5.96. The van der Waals surface area contributed by atoms with E-state index in [4.69, 9.17) is 11.5 Å². The van der Waals surface area contributed by atoms with Gasteiger partial charge in [0.2, 0.25) is 35.4 Å². The zero-order valence-electron chi connectivity index (χ0n) is 27.3. The molecule has 11 N–H and O–H groups in total. The van der Waals surface area contributed by atoms with Crippen LogP contribution >= 0.6 is 0 Å². The number of aromatic hydroxyl groups is 1. The van der Waals surface area contributed by atoms with E-state index in [1.54, 1.807) is 19.1 Å². The highest BCUT2D eigenvalue weighted by Crippen LogP contribution is 2.12. The Morgan fingerprint density at radius 2 is 1.11 bits per heavy atom. The molecule has 0 saturated carbocycles. The normalized spacial score (nSPS) is 14.0. The van der Waals surface area contributed by atoms with E-state index in [2.05, 4.69) is 31.9 Å². The summed E-state index contributed by atoms with van der Waals surface area (Å²) in [5.41, 5.74) is 11.7. The number of phenolic OH excluding ortho intramolecular Hbond substituents is 1. The summed E-state index contributed by atoms with van der Waals surface area (Å²) in [4.78, 5) is 76.7. The minimum absolute atomic E-state index is 0.00108. The van der Waals surface area contributed by atoms with Crippen LogP contribution in [0.5, 0.6) is 5.75 Å². The molecule has 1 aromatic rings. The monoisotopic (exact) mass is 648 g/mol. The fourth-order valence-corrected chi connectivity index (χ4v) is 4.50. The number of hydrogen-bond acceptors (Lipinski definition) is 9. The van der Waals surface area contributed by atoms with E-state index >= 15 is 0 Å². The van der Waals surface area contributed by atoms with Gasteiger partial charge in [0.05, 0.1) is 0 Å². The summed E-state index contributed by atoms with van der Waals surface area (Å²) < 4.78 is 0. The van der Waals surface area contributed by atoms with Crippen molar-refractivity contribution in [2.45, 2.75) is 103 Å². The van der Waals surface area contributed by atoms with Gasteiger partial charge in [-0.3, -0.25) is 28.8 Å². The molecule has 15 heteroatoms. The third kappa shape index (κ3) is 15.2. The molecule has 0 aliphatic carbocycles. The maximum absolute atomic E-state index is 13.4. The summed E-state index contributed by atoms with van der Waals surface area (Å²) >= 11 is 0. The van der Waals surface area contributed by atoms with Gasteiger partial charge in [0, 0.05) is 19.9 Å². The van der Waals surface area contributed by atoms with Gasteiger partial charge in [-0.2, -0.15) is 0 Å². The van der Waals surface area contributed by atoms with Crippen molar-refractivity contribution in [1.29, 1.82) is 0 Å². The number of unbranched alkanes of at least 4 members (excludes halogenated alkanes) is 2. The second-order valence-corrected chi connectivity index (χ2v) is 11.2. The lowest BCUT2D eigenvalue weighted by Crippen LogP contribution is -2.58. The van der Waals surface area contributed by atoms with Gasteiger partial charge in [-0.15, -0.1) is 0 Å². The summed E-state index contributed by atoms with van der Waals surface area (Å²) in [6.45, 7) is 7.21. The first kappa shape index (κ1) is 39.8. The molecule has 6 amide bonds. The molecule has 0 aliphatic rings. The Hall–Kier alpha value is -4.24. The van der Waals surface area contributed by atoms with Gasteiger partial charge in [-0.05, 0) is 90.1 Å². The van der Waals surface area contributed by atoms with E-state index in [0.717, 1.165) is 0 Å². The first-order chi connectivity index (χ1) is 21.8. The number of nitrogens with one attached hydrogen (secondary N) is 6. The lowest BCUT2D eigenvalue weighted by Gasteiger charge is -2.25. The number of nitrogens with two attached hydrogens (primary N) is 2. The molecule has 5 atom stereocenters. The van der Waals surface area contributed by atoms with Gasteiger partial charge in [-0.1, -0.05) is 12.1 Å².